The highest BCUT2D eigenvalue weighted by Gasteiger charge is 2.39. The Bertz CT molecular complexity index is 720. The maximum Gasteiger partial charge on any atom is 0.307 e. The second kappa shape index (κ2) is 4.73. The van der Waals surface area contributed by atoms with E-state index in [-0.39, 0.29) is 11.8 Å². The van der Waals surface area contributed by atoms with Crippen molar-refractivity contribution in [1.29, 1.82) is 0 Å². The Morgan fingerprint density at radius 3 is 2.81 bits per heavy atom. The number of carboxylic acid groups (broad SMARTS) is 1. The summed E-state index contributed by atoms with van der Waals surface area (Å²) in [5.41, 5.74) is 1.98. The van der Waals surface area contributed by atoms with Crippen LogP contribution in [0.1, 0.15) is 49.9 Å². The number of benzene rings is 1. The lowest BCUT2D eigenvalue weighted by Crippen LogP contribution is -2.20. The lowest BCUT2D eigenvalue weighted by Gasteiger charge is -2.17. The van der Waals surface area contributed by atoms with Gasteiger partial charge in [-0.05, 0) is 43.9 Å². The molecular formula is C16H17ClN2O2. The summed E-state index contributed by atoms with van der Waals surface area (Å²) in [5, 5.41) is 10.2. The third-order valence-electron chi connectivity index (χ3n) is 4.76. The molecule has 0 bridgehead atoms. The number of carbonyl (C=O) groups is 1. The number of carboxylic acids is 1. The van der Waals surface area contributed by atoms with Crippen molar-refractivity contribution in [2.24, 2.45) is 5.92 Å². The predicted molar refractivity (Wildman–Crippen MR) is 80.7 cm³/mol. The van der Waals surface area contributed by atoms with Crippen molar-refractivity contribution in [2.75, 3.05) is 0 Å². The Morgan fingerprint density at radius 2 is 2.10 bits per heavy atom. The van der Waals surface area contributed by atoms with Gasteiger partial charge in [0, 0.05) is 17.0 Å². The smallest absolute Gasteiger partial charge is 0.307 e. The number of hydrogen-bond donors (Lipinski definition) is 1. The molecule has 1 heterocycles. The van der Waals surface area contributed by atoms with E-state index in [9.17, 15) is 9.90 Å². The van der Waals surface area contributed by atoms with Crippen LogP contribution < -0.4 is 0 Å². The fourth-order valence-corrected chi connectivity index (χ4v) is 3.79. The second-order valence-corrected chi connectivity index (χ2v) is 6.62. The van der Waals surface area contributed by atoms with Gasteiger partial charge in [0.25, 0.3) is 0 Å². The van der Waals surface area contributed by atoms with Gasteiger partial charge in [-0.2, -0.15) is 0 Å². The molecule has 1 N–H and O–H groups in total. The zero-order chi connectivity index (χ0) is 14.6. The van der Waals surface area contributed by atoms with E-state index in [0.717, 1.165) is 49.0 Å². The second-order valence-electron chi connectivity index (χ2n) is 6.19. The van der Waals surface area contributed by atoms with Gasteiger partial charge < -0.3 is 9.67 Å². The number of aromatic nitrogens is 2. The van der Waals surface area contributed by atoms with E-state index in [2.05, 4.69) is 4.57 Å². The molecule has 2 aromatic rings. The van der Waals surface area contributed by atoms with E-state index in [1.165, 1.54) is 0 Å². The standard InChI is InChI=1S/C16H17ClN2O2/c17-9-4-7-13-14(8-9)19(10-5-6-10)15(18-13)11-2-1-3-12(11)16(20)21/h4,7-8,10-12H,1-3,5-6H2,(H,20,21). The minimum absolute atomic E-state index is 0.0364. The van der Waals surface area contributed by atoms with Crippen LogP contribution in [0.3, 0.4) is 0 Å². The largest absolute Gasteiger partial charge is 0.481 e. The average Bonchev–Trinajstić information content (AvgIpc) is 3.03. The van der Waals surface area contributed by atoms with E-state index in [1.807, 2.05) is 18.2 Å². The Labute approximate surface area is 127 Å². The minimum atomic E-state index is -0.690. The van der Waals surface area contributed by atoms with E-state index in [0.29, 0.717) is 11.1 Å². The summed E-state index contributed by atoms with van der Waals surface area (Å²) in [5.74, 6) is 0.00802. The van der Waals surface area contributed by atoms with Gasteiger partial charge in [-0.3, -0.25) is 4.79 Å². The maximum atomic E-state index is 11.5. The molecule has 21 heavy (non-hydrogen) atoms. The van der Waals surface area contributed by atoms with Gasteiger partial charge in [0.2, 0.25) is 0 Å². The monoisotopic (exact) mass is 304 g/mol. The summed E-state index contributed by atoms with van der Waals surface area (Å²) in [6.07, 6.45) is 4.94. The highest BCUT2D eigenvalue weighted by atomic mass is 35.5. The molecule has 0 saturated heterocycles. The fraction of sp³-hybridized carbons (Fsp3) is 0.500. The van der Waals surface area contributed by atoms with Crippen LogP contribution in [0.15, 0.2) is 18.2 Å². The van der Waals surface area contributed by atoms with E-state index in [1.54, 1.807) is 0 Å². The quantitative estimate of drug-likeness (QED) is 0.932. The van der Waals surface area contributed by atoms with Gasteiger partial charge in [0.05, 0.1) is 17.0 Å². The Balaban J connectivity index is 1.88. The molecule has 2 fully saturated rings. The van der Waals surface area contributed by atoms with Crippen LogP contribution in [0.25, 0.3) is 11.0 Å². The fourth-order valence-electron chi connectivity index (χ4n) is 3.63. The average molecular weight is 305 g/mol. The maximum absolute atomic E-state index is 11.5. The van der Waals surface area contributed by atoms with Crippen molar-refractivity contribution >= 4 is 28.6 Å². The first-order chi connectivity index (χ1) is 10.1. The van der Waals surface area contributed by atoms with E-state index >= 15 is 0 Å². The molecule has 0 amide bonds. The number of imidazole rings is 1. The summed E-state index contributed by atoms with van der Waals surface area (Å²) < 4.78 is 2.26. The molecule has 2 atom stereocenters. The number of nitrogens with zero attached hydrogens (tertiary/aromatic N) is 2. The first-order valence-corrected chi connectivity index (χ1v) is 7.93. The van der Waals surface area contributed by atoms with Crippen molar-refractivity contribution in [3.8, 4) is 0 Å². The van der Waals surface area contributed by atoms with E-state index in [4.69, 9.17) is 16.6 Å². The van der Waals surface area contributed by atoms with E-state index < -0.39 is 5.97 Å². The number of rotatable bonds is 3. The van der Waals surface area contributed by atoms with Gasteiger partial charge in [-0.1, -0.05) is 18.0 Å². The molecule has 2 saturated carbocycles. The molecule has 0 radical (unpaired) electrons. The summed E-state index contributed by atoms with van der Waals surface area (Å²) in [6, 6.07) is 6.21. The first-order valence-electron chi connectivity index (χ1n) is 7.55. The molecule has 5 heteroatoms. The van der Waals surface area contributed by atoms with Crippen LogP contribution in [0.5, 0.6) is 0 Å². The molecule has 2 aliphatic carbocycles. The molecule has 4 rings (SSSR count). The Hall–Kier alpha value is -1.55. The molecule has 4 nitrogen and oxygen atoms in total. The first kappa shape index (κ1) is 13.1. The zero-order valence-electron chi connectivity index (χ0n) is 11.6. The van der Waals surface area contributed by atoms with Gasteiger partial charge in [-0.25, -0.2) is 4.98 Å². The van der Waals surface area contributed by atoms with Crippen LogP contribution in [0, 0.1) is 5.92 Å². The lowest BCUT2D eigenvalue weighted by molar-refractivity contribution is -0.142. The van der Waals surface area contributed by atoms with Crippen molar-refractivity contribution in [3.63, 3.8) is 0 Å². The predicted octanol–water partition coefficient (Wildman–Crippen LogP) is 3.99. The Morgan fingerprint density at radius 1 is 1.29 bits per heavy atom. The summed E-state index contributed by atoms with van der Waals surface area (Å²) >= 11 is 6.13. The third-order valence-corrected chi connectivity index (χ3v) is 4.99. The molecule has 1 aromatic carbocycles. The lowest BCUT2D eigenvalue weighted by atomic mass is 9.95. The molecule has 110 valence electrons. The van der Waals surface area contributed by atoms with Gasteiger partial charge in [0.1, 0.15) is 5.82 Å². The summed E-state index contributed by atoms with van der Waals surface area (Å²) in [7, 11) is 0. The number of aliphatic carboxylic acids is 1. The molecule has 2 unspecified atom stereocenters. The molecular weight excluding hydrogens is 288 g/mol. The van der Waals surface area contributed by atoms with Crippen molar-refractivity contribution in [2.45, 2.75) is 44.1 Å². The van der Waals surface area contributed by atoms with Crippen LogP contribution in [0.2, 0.25) is 5.02 Å². The van der Waals surface area contributed by atoms with Crippen molar-refractivity contribution in [1.82, 2.24) is 9.55 Å². The van der Waals surface area contributed by atoms with Crippen LogP contribution in [-0.4, -0.2) is 20.6 Å². The minimum Gasteiger partial charge on any atom is -0.481 e. The normalized spacial score (nSPS) is 25.6. The molecule has 1 aromatic heterocycles. The summed E-state index contributed by atoms with van der Waals surface area (Å²) in [6.45, 7) is 0. The number of halogens is 1. The Kier molecular flexibility index (Phi) is 2.96. The highest BCUT2D eigenvalue weighted by molar-refractivity contribution is 6.31. The van der Waals surface area contributed by atoms with Gasteiger partial charge in [0.15, 0.2) is 0 Å². The summed E-state index contributed by atoms with van der Waals surface area (Å²) in [4.78, 5) is 16.3. The third kappa shape index (κ3) is 2.13. The van der Waals surface area contributed by atoms with Crippen molar-refractivity contribution < 1.29 is 9.90 Å². The van der Waals surface area contributed by atoms with Crippen LogP contribution in [-0.2, 0) is 4.79 Å². The molecule has 2 aliphatic rings. The van der Waals surface area contributed by atoms with Crippen molar-refractivity contribution in [3.05, 3.63) is 29.0 Å². The number of hydrogen-bond acceptors (Lipinski definition) is 2. The topological polar surface area (TPSA) is 55.1 Å². The zero-order valence-corrected chi connectivity index (χ0v) is 12.4. The SMILES string of the molecule is O=C(O)C1CCCC1c1nc2ccc(Cl)cc2n1C1CC1. The van der Waals surface area contributed by atoms with Crippen LogP contribution >= 0.6 is 11.6 Å². The van der Waals surface area contributed by atoms with Gasteiger partial charge in [-0.15, -0.1) is 0 Å². The van der Waals surface area contributed by atoms with Crippen LogP contribution in [0.4, 0.5) is 0 Å². The molecule has 0 spiro atoms. The van der Waals surface area contributed by atoms with Gasteiger partial charge >= 0.3 is 5.97 Å². The molecule has 0 aliphatic heterocycles. The highest BCUT2D eigenvalue weighted by Crippen LogP contribution is 2.45. The number of fused-ring (bicyclic) bond motifs is 1.